The molecule has 1 heterocycles. The summed E-state index contributed by atoms with van der Waals surface area (Å²) in [6, 6.07) is 10.0. The number of thiazole rings is 1. The number of carbonyl (C=O) groups is 1. The fourth-order valence-electron chi connectivity index (χ4n) is 1.91. The van der Waals surface area contributed by atoms with Crippen molar-refractivity contribution in [3.8, 4) is 11.3 Å². The van der Waals surface area contributed by atoms with Crippen LogP contribution in [0.5, 0.6) is 0 Å². The molecule has 0 amide bonds. The minimum Gasteiger partial charge on any atom is -0.382 e. The third-order valence-electron chi connectivity index (χ3n) is 2.92. The van der Waals surface area contributed by atoms with Crippen molar-refractivity contribution in [1.82, 2.24) is 4.98 Å². The predicted molar refractivity (Wildman–Crippen MR) is 82.0 cm³/mol. The fourth-order valence-corrected chi connectivity index (χ4v) is 2.74. The number of ketones is 1. The molecular weight excluding hydrogens is 270 g/mol. The first-order valence-electron chi connectivity index (χ1n) is 6.89. The normalized spacial score (nSPS) is 10.7. The van der Waals surface area contributed by atoms with E-state index in [2.05, 4.69) is 4.98 Å². The molecule has 0 bridgehead atoms. The van der Waals surface area contributed by atoms with Gasteiger partial charge >= 0.3 is 0 Å². The van der Waals surface area contributed by atoms with Crippen LogP contribution in [-0.4, -0.2) is 24.0 Å². The quantitative estimate of drug-likeness (QED) is 0.695. The van der Waals surface area contributed by atoms with E-state index in [1.807, 2.05) is 42.6 Å². The Morgan fingerprint density at radius 2 is 2.10 bits per heavy atom. The molecule has 0 spiro atoms. The second-order valence-electron chi connectivity index (χ2n) is 4.51. The molecule has 2 rings (SSSR count). The van der Waals surface area contributed by atoms with Crippen molar-refractivity contribution < 1.29 is 9.53 Å². The molecule has 2 aromatic rings. The predicted octanol–water partition coefficient (Wildman–Crippen LogP) is 3.74. The molecule has 1 aromatic heterocycles. The molecule has 0 radical (unpaired) electrons. The van der Waals surface area contributed by atoms with Crippen molar-refractivity contribution in [1.29, 1.82) is 0 Å². The summed E-state index contributed by atoms with van der Waals surface area (Å²) in [6.07, 6.45) is 1.80. The molecule has 0 aliphatic carbocycles. The van der Waals surface area contributed by atoms with Crippen LogP contribution >= 0.6 is 11.3 Å². The topological polar surface area (TPSA) is 39.2 Å². The highest BCUT2D eigenvalue weighted by atomic mass is 32.1. The van der Waals surface area contributed by atoms with Gasteiger partial charge in [0, 0.05) is 30.6 Å². The van der Waals surface area contributed by atoms with Crippen LogP contribution in [0.4, 0.5) is 0 Å². The summed E-state index contributed by atoms with van der Waals surface area (Å²) in [5.41, 5.74) is 2.05. The summed E-state index contributed by atoms with van der Waals surface area (Å²) >= 11 is 1.55. The zero-order valence-electron chi connectivity index (χ0n) is 11.7. The van der Waals surface area contributed by atoms with Crippen LogP contribution in [0, 0.1) is 0 Å². The zero-order valence-corrected chi connectivity index (χ0v) is 12.5. The highest BCUT2D eigenvalue weighted by molar-refractivity contribution is 7.10. The Bertz CT molecular complexity index is 536. The van der Waals surface area contributed by atoms with Crippen LogP contribution in [0.3, 0.4) is 0 Å². The maximum Gasteiger partial charge on any atom is 0.139 e. The van der Waals surface area contributed by atoms with Crippen molar-refractivity contribution in [2.75, 3.05) is 13.2 Å². The number of nitrogens with zero attached hydrogens (tertiary/aromatic N) is 1. The molecule has 0 atom stereocenters. The number of aromatic nitrogens is 1. The van der Waals surface area contributed by atoms with Crippen molar-refractivity contribution in [2.24, 2.45) is 0 Å². The second-order valence-corrected chi connectivity index (χ2v) is 5.45. The number of hydrogen-bond donors (Lipinski definition) is 0. The summed E-state index contributed by atoms with van der Waals surface area (Å²) < 4.78 is 5.23. The Labute approximate surface area is 123 Å². The molecule has 106 valence electrons. The zero-order chi connectivity index (χ0) is 14.2. The van der Waals surface area contributed by atoms with Gasteiger partial charge in [-0.25, -0.2) is 4.98 Å². The summed E-state index contributed by atoms with van der Waals surface area (Å²) in [5.74, 6) is 0.235. The van der Waals surface area contributed by atoms with Gasteiger partial charge in [-0.15, -0.1) is 11.3 Å². The van der Waals surface area contributed by atoms with Crippen molar-refractivity contribution in [2.45, 2.75) is 26.2 Å². The summed E-state index contributed by atoms with van der Waals surface area (Å²) in [5, 5.41) is 2.91. The van der Waals surface area contributed by atoms with E-state index in [0.29, 0.717) is 26.1 Å². The Kier molecular flexibility index (Phi) is 5.89. The van der Waals surface area contributed by atoms with E-state index in [9.17, 15) is 4.79 Å². The van der Waals surface area contributed by atoms with Gasteiger partial charge in [0.1, 0.15) is 10.8 Å². The van der Waals surface area contributed by atoms with Gasteiger partial charge in [0.05, 0.1) is 12.1 Å². The van der Waals surface area contributed by atoms with Gasteiger partial charge in [0.25, 0.3) is 0 Å². The Morgan fingerprint density at radius 3 is 2.85 bits per heavy atom. The van der Waals surface area contributed by atoms with Gasteiger partial charge in [-0.1, -0.05) is 30.3 Å². The van der Waals surface area contributed by atoms with E-state index in [4.69, 9.17) is 4.74 Å². The van der Waals surface area contributed by atoms with E-state index < -0.39 is 0 Å². The van der Waals surface area contributed by atoms with E-state index in [1.165, 1.54) is 0 Å². The molecule has 20 heavy (non-hydrogen) atoms. The second kappa shape index (κ2) is 7.92. The number of ether oxygens (including phenoxy) is 1. The lowest BCUT2D eigenvalue weighted by Crippen LogP contribution is -2.04. The Morgan fingerprint density at radius 1 is 1.30 bits per heavy atom. The molecule has 0 fully saturated rings. The number of rotatable bonds is 8. The van der Waals surface area contributed by atoms with Crippen LogP contribution in [-0.2, 0) is 16.0 Å². The monoisotopic (exact) mass is 289 g/mol. The average Bonchev–Trinajstić information content (AvgIpc) is 2.93. The van der Waals surface area contributed by atoms with Gasteiger partial charge in [-0.2, -0.15) is 0 Å². The third-order valence-corrected chi connectivity index (χ3v) is 3.77. The number of Topliss-reactive ketones (excluding diaryl/α,β-unsaturated/α-hetero) is 1. The maximum atomic E-state index is 11.8. The van der Waals surface area contributed by atoms with Gasteiger partial charge < -0.3 is 4.74 Å². The third kappa shape index (κ3) is 4.54. The molecule has 0 saturated carbocycles. The highest BCUT2D eigenvalue weighted by Gasteiger charge is 2.09. The maximum absolute atomic E-state index is 11.8. The van der Waals surface area contributed by atoms with Crippen LogP contribution in [0.15, 0.2) is 35.7 Å². The summed E-state index contributed by atoms with van der Waals surface area (Å²) in [7, 11) is 0. The lowest BCUT2D eigenvalue weighted by atomic mass is 10.1. The van der Waals surface area contributed by atoms with Crippen LogP contribution in [0.1, 0.15) is 24.8 Å². The molecule has 1 aromatic carbocycles. The molecular formula is C16H19NO2S. The van der Waals surface area contributed by atoms with Gasteiger partial charge in [0.15, 0.2) is 0 Å². The highest BCUT2D eigenvalue weighted by Crippen LogP contribution is 2.22. The fraction of sp³-hybridized carbons (Fsp3) is 0.375. The van der Waals surface area contributed by atoms with Gasteiger partial charge in [-0.3, -0.25) is 4.79 Å². The van der Waals surface area contributed by atoms with Crippen molar-refractivity contribution in [3.63, 3.8) is 0 Å². The Balaban J connectivity index is 1.85. The van der Waals surface area contributed by atoms with Gasteiger partial charge in [-0.05, 0) is 13.3 Å². The smallest absolute Gasteiger partial charge is 0.139 e. The molecule has 4 heteroatoms. The SMILES string of the molecule is CCOCCCC(=O)Cc1nc(-c2ccccc2)cs1. The summed E-state index contributed by atoms with van der Waals surface area (Å²) in [6.45, 7) is 3.33. The molecule has 0 unspecified atom stereocenters. The number of benzene rings is 1. The molecule has 0 aliphatic rings. The lowest BCUT2D eigenvalue weighted by molar-refractivity contribution is -0.118. The average molecular weight is 289 g/mol. The Hall–Kier alpha value is -1.52. The van der Waals surface area contributed by atoms with Gasteiger partial charge in [0.2, 0.25) is 0 Å². The first-order valence-corrected chi connectivity index (χ1v) is 7.77. The lowest BCUT2D eigenvalue weighted by Gasteiger charge is -2.00. The molecule has 0 N–H and O–H groups in total. The van der Waals surface area contributed by atoms with Crippen LogP contribution in [0.2, 0.25) is 0 Å². The van der Waals surface area contributed by atoms with Crippen LogP contribution in [0.25, 0.3) is 11.3 Å². The van der Waals surface area contributed by atoms with E-state index in [1.54, 1.807) is 11.3 Å². The first-order chi connectivity index (χ1) is 9.79. The summed E-state index contributed by atoms with van der Waals surface area (Å²) in [4.78, 5) is 16.4. The van der Waals surface area contributed by atoms with E-state index >= 15 is 0 Å². The standard InChI is InChI=1S/C16H19NO2S/c1-2-19-10-6-9-14(18)11-16-17-15(12-20-16)13-7-4-3-5-8-13/h3-5,7-8,12H,2,6,9-11H2,1H3. The molecule has 0 aliphatic heterocycles. The van der Waals surface area contributed by atoms with Crippen molar-refractivity contribution in [3.05, 3.63) is 40.7 Å². The first kappa shape index (κ1) is 14.9. The molecule has 3 nitrogen and oxygen atoms in total. The minimum atomic E-state index is 0.235. The molecule has 0 saturated heterocycles. The van der Waals surface area contributed by atoms with E-state index in [-0.39, 0.29) is 5.78 Å². The number of hydrogen-bond acceptors (Lipinski definition) is 4. The largest absolute Gasteiger partial charge is 0.382 e. The van der Waals surface area contributed by atoms with Crippen LogP contribution < -0.4 is 0 Å². The number of carbonyl (C=O) groups excluding carboxylic acids is 1. The minimum absolute atomic E-state index is 0.235. The van der Waals surface area contributed by atoms with E-state index in [0.717, 1.165) is 22.7 Å². The van der Waals surface area contributed by atoms with Crippen molar-refractivity contribution >= 4 is 17.1 Å².